The van der Waals surface area contributed by atoms with Gasteiger partial charge in [0.25, 0.3) is 0 Å². The lowest BCUT2D eigenvalue weighted by Gasteiger charge is -2.40. The Balaban J connectivity index is 2.14. The van der Waals surface area contributed by atoms with Crippen molar-refractivity contribution < 1.29 is 14.6 Å². The fraction of sp³-hybridized carbons (Fsp3) is 0.909. The molecule has 2 fully saturated rings. The molecule has 4 nitrogen and oxygen atoms in total. The Kier molecular flexibility index (Phi) is 2.98. The minimum Gasteiger partial charge on any atom is -0.480 e. The predicted molar refractivity (Wildman–Crippen MR) is 55.8 cm³/mol. The molecule has 1 unspecified atom stereocenters. The molecular weight excluding hydrogens is 194 g/mol. The summed E-state index contributed by atoms with van der Waals surface area (Å²) in [6.45, 7) is 5.20. The number of rotatable bonds is 2. The van der Waals surface area contributed by atoms with Crippen LogP contribution in [-0.2, 0) is 9.53 Å². The van der Waals surface area contributed by atoms with Crippen LogP contribution >= 0.6 is 0 Å². The summed E-state index contributed by atoms with van der Waals surface area (Å²) in [4.78, 5) is 13.6. The largest absolute Gasteiger partial charge is 0.480 e. The van der Waals surface area contributed by atoms with Gasteiger partial charge in [0.2, 0.25) is 0 Å². The fourth-order valence-electron chi connectivity index (χ4n) is 2.70. The highest BCUT2D eigenvalue weighted by Crippen LogP contribution is 2.33. The van der Waals surface area contributed by atoms with Crippen molar-refractivity contribution in [3.05, 3.63) is 0 Å². The van der Waals surface area contributed by atoms with Gasteiger partial charge in [0.05, 0.1) is 0 Å². The lowest BCUT2D eigenvalue weighted by molar-refractivity contribution is -0.157. The molecule has 0 aliphatic carbocycles. The van der Waals surface area contributed by atoms with E-state index in [1.807, 2.05) is 0 Å². The summed E-state index contributed by atoms with van der Waals surface area (Å²) in [6.07, 6.45) is 2.39. The van der Waals surface area contributed by atoms with Gasteiger partial charge in [-0.3, -0.25) is 9.69 Å². The summed E-state index contributed by atoms with van der Waals surface area (Å²) in [5.41, 5.74) is -0.636. The van der Waals surface area contributed by atoms with E-state index >= 15 is 0 Å². The Labute approximate surface area is 90.2 Å². The molecule has 2 heterocycles. The monoisotopic (exact) mass is 213 g/mol. The molecule has 2 aliphatic heterocycles. The zero-order chi connectivity index (χ0) is 10.9. The molecular formula is C11H19NO3. The first-order chi connectivity index (χ1) is 7.15. The maximum Gasteiger partial charge on any atom is 0.324 e. The molecule has 0 aromatic rings. The maximum atomic E-state index is 11.5. The van der Waals surface area contributed by atoms with E-state index < -0.39 is 11.5 Å². The van der Waals surface area contributed by atoms with Crippen molar-refractivity contribution in [2.24, 2.45) is 5.92 Å². The summed E-state index contributed by atoms with van der Waals surface area (Å²) in [5.74, 6) is -0.0380. The molecule has 2 saturated heterocycles. The third-order valence-corrected chi connectivity index (χ3v) is 3.75. The number of hydrogen-bond acceptors (Lipinski definition) is 3. The topological polar surface area (TPSA) is 49.8 Å². The van der Waals surface area contributed by atoms with Crippen molar-refractivity contribution >= 4 is 5.97 Å². The first-order valence-corrected chi connectivity index (χ1v) is 5.71. The molecule has 0 spiro atoms. The van der Waals surface area contributed by atoms with E-state index in [9.17, 15) is 9.90 Å². The van der Waals surface area contributed by atoms with Crippen LogP contribution in [0.4, 0.5) is 0 Å². The van der Waals surface area contributed by atoms with Gasteiger partial charge in [-0.2, -0.15) is 0 Å². The van der Waals surface area contributed by atoms with E-state index in [0.717, 1.165) is 19.5 Å². The molecule has 1 N–H and O–H groups in total. The second kappa shape index (κ2) is 4.10. The van der Waals surface area contributed by atoms with Crippen LogP contribution in [0.5, 0.6) is 0 Å². The third-order valence-electron chi connectivity index (χ3n) is 3.75. The molecule has 1 atom stereocenters. The maximum absolute atomic E-state index is 11.5. The fourth-order valence-corrected chi connectivity index (χ4v) is 2.70. The van der Waals surface area contributed by atoms with Crippen LogP contribution in [-0.4, -0.2) is 47.8 Å². The molecule has 0 aromatic carbocycles. The Bertz CT molecular complexity index is 248. The van der Waals surface area contributed by atoms with E-state index in [0.29, 0.717) is 32.0 Å². The van der Waals surface area contributed by atoms with Crippen molar-refractivity contribution in [1.82, 2.24) is 4.90 Å². The molecule has 86 valence electrons. The highest BCUT2D eigenvalue weighted by molar-refractivity contribution is 5.79. The molecule has 4 heteroatoms. The number of hydrogen-bond donors (Lipinski definition) is 1. The van der Waals surface area contributed by atoms with Crippen LogP contribution < -0.4 is 0 Å². The number of nitrogens with zero attached hydrogens (tertiary/aromatic N) is 1. The number of ether oxygens (including phenoxy) is 1. The van der Waals surface area contributed by atoms with Crippen LogP contribution in [0.25, 0.3) is 0 Å². The molecule has 2 rings (SSSR count). The number of likely N-dealkylation sites (tertiary alicyclic amines) is 1. The molecule has 0 aromatic heterocycles. The minimum absolute atomic E-state index is 0.581. The van der Waals surface area contributed by atoms with Crippen molar-refractivity contribution in [3.63, 3.8) is 0 Å². The van der Waals surface area contributed by atoms with Gasteiger partial charge >= 0.3 is 5.97 Å². The Hall–Kier alpha value is -0.610. The number of carbonyl (C=O) groups is 1. The highest BCUT2D eigenvalue weighted by atomic mass is 16.5. The second-order valence-electron chi connectivity index (χ2n) is 4.79. The zero-order valence-corrected chi connectivity index (χ0v) is 9.24. The van der Waals surface area contributed by atoms with Crippen LogP contribution in [0, 0.1) is 5.92 Å². The molecule has 0 amide bonds. The first-order valence-electron chi connectivity index (χ1n) is 5.71. The van der Waals surface area contributed by atoms with E-state index in [1.165, 1.54) is 0 Å². The zero-order valence-electron chi connectivity index (χ0n) is 9.24. The van der Waals surface area contributed by atoms with Crippen molar-refractivity contribution in [2.75, 3.05) is 26.3 Å². The average molecular weight is 213 g/mol. The van der Waals surface area contributed by atoms with Gasteiger partial charge in [0, 0.05) is 19.8 Å². The summed E-state index contributed by atoms with van der Waals surface area (Å²) < 4.78 is 5.27. The van der Waals surface area contributed by atoms with Gasteiger partial charge in [0.1, 0.15) is 5.54 Å². The minimum atomic E-state index is -0.667. The molecule has 2 aliphatic rings. The van der Waals surface area contributed by atoms with Crippen LogP contribution in [0.2, 0.25) is 0 Å². The molecule has 0 saturated carbocycles. The van der Waals surface area contributed by atoms with Gasteiger partial charge < -0.3 is 9.84 Å². The van der Waals surface area contributed by atoms with Gasteiger partial charge in [-0.25, -0.2) is 0 Å². The van der Waals surface area contributed by atoms with Crippen molar-refractivity contribution in [3.8, 4) is 0 Å². The Morgan fingerprint density at radius 3 is 2.60 bits per heavy atom. The number of carboxylic acid groups (broad SMARTS) is 1. The summed E-state index contributed by atoms with van der Waals surface area (Å²) in [7, 11) is 0. The number of aliphatic carboxylic acids is 1. The van der Waals surface area contributed by atoms with Crippen LogP contribution in [0.15, 0.2) is 0 Å². The summed E-state index contributed by atoms with van der Waals surface area (Å²) in [5, 5.41) is 9.44. The average Bonchev–Trinajstić information content (AvgIpc) is 2.66. The summed E-state index contributed by atoms with van der Waals surface area (Å²) >= 11 is 0. The highest BCUT2D eigenvalue weighted by Gasteiger charge is 2.47. The predicted octanol–water partition coefficient (Wildman–Crippen LogP) is 0.962. The van der Waals surface area contributed by atoms with Crippen LogP contribution in [0.3, 0.4) is 0 Å². The standard InChI is InChI=1S/C11H19NO3/c1-9-2-5-12(8-9)11(10(13)14)3-6-15-7-4-11/h9H,2-8H2,1H3,(H,13,14). The van der Waals surface area contributed by atoms with E-state index in [1.54, 1.807) is 0 Å². The van der Waals surface area contributed by atoms with Gasteiger partial charge in [-0.15, -0.1) is 0 Å². The Morgan fingerprint density at radius 2 is 2.13 bits per heavy atom. The van der Waals surface area contributed by atoms with Gasteiger partial charge in [0.15, 0.2) is 0 Å². The van der Waals surface area contributed by atoms with Crippen LogP contribution in [0.1, 0.15) is 26.2 Å². The quantitative estimate of drug-likeness (QED) is 0.742. The van der Waals surface area contributed by atoms with E-state index in [-0.39, 0.29) is 0 Å². The molecule has 15 heavy (non-hydrogen) atoms. The van der Waals surface area contributed by atoms with Crippen molar-refractivity contribution in [1.29, 1.82) is 0 Å². The lowest BCUT2D eigenvalue weighted by atomic mass is 9.88. The lowest BCUT2D eigenvalue weighted by Crippen LogP contribution is -2.56. The Morgan fingerprint density at radius 1 is 1.47 bits per heavy atom. The number of carboxylic acids is 1. The molecule has 0 radical (unpaired) electrons. The van der Waals surface area contributed by atoms with Crippen molar-refractivity contribution in [2.45, 2.75) is 31.7 Å². The van der Waals surface area contributed by atoms with Gasteiger partial charge in [-0.05, 0) is 31.7 Å². The van der Waals surface area contributed by atoms with Gasteiger partial charge in [-0.1, -0.05) is 6.92 Å². The summed E-state index contributed by atoms with van der Waals surface area (Å²) in [6, 6.07) is 0. The van der Waals surface area contributed by atoms with E-state index in [2.05, 4.69) is 11.8 Å². The second-order valence-corrected chi connectivity index (χ2v) is 4.79. The normalized spacial score (nSPS) is 31.7. The molecule has 0 bridgehead atoms. The van der Waals surface area contributed by atoms with E-state index in [4.69, 9.17) is 4.74 Å². The smallest absolute Gasteiger partial charge is 0.324 e. The first kappa shape index (κ1) is 10.9. The SMILES string of the molecule is CC1CCN(C2(C(=O)O)CCOCC2)C1. The third kappa shape index (κ3) is 1.88.